The van der Waals surface area contributed by atoms with Gasteiger partial charge in [-0.3, -0.25) is 4.79 Å². The van der Waals surface area contributed by atoms with Crippen LogP contribution in [0, 0.1) is 11.8 Å². The molecule has 0 spiro atoms. The molecule has 0 radical (unpaired) electrons. The zero-order valence-electron chi connectivity index (χ0n) is 12.7. The van der Waals surface area contributed by atoms with Crippen molar-refractivity contribution in [1.82, 2.24) is 15.5 Å². The molecule has 0 aromatic carbocycles. The molecule has 1 aliphatic carbocycles. The number of nitrogens with zero attached hydrogens (tertiary/aromatic N) is 1. The predicted octanol–water partition coefficient (Wildman–Crippen LogP) is 1.37. The minimum atomic E-state index is 0.0506. The maximum absolute atomic E-state index is 12.3. The number of carbonyl (C=O) groups excluding carboxylic acids is 1. The summed E-state index contributed by atoms with van der Waals surface area (Å²) in [6.07, 6.45) is 7.48. The molecule has 2 saturated heterocycles. The van der Waals surface area contributed by atoms with Gasteiger partial charge >= 0.3 is 0 Å². The average Bonchev–Trinajstić information content (AvgIpc) is 3.24. The first-order chi connectivity index (χ1) is 9.76. The molecule has 3 aliphatic rings. The van der Waals surface area contributed by atoms with E-state index >= 15 is 0 Å². The Labute approximate surface area is 122 Å². The smallest absolute Gasteiger partial charge is 0.237 e. The van der Waals surface area contributed by atoms with E-state index in [-0.39, 0.29) is 11.9 Å². The molecule has 3 atom stereocenters. The Morgan fingerprint density at radius 2 is 2.10 bits per heavy atom. The van der Waals surface area contributed by atoms with Crippen LogP contribution < -0.4 is 10.6 Å². The van der Waals surface area contributed by atoms with Gasteiger partial charge in [0.1, 0.15) is 0 Å². The lowest BCUT2D eigenvalue weighted by molar-refractivity contribution is -0.124. The summed E-state index contributed by atoms with van der Waals surface area (Å²) in [4.78, 5) is 14.9. The molecule has 3 rings (SSSR count). The van der Waals surface area contributed by atoms with Crippen molar-refractivity contribution < 1.29 is 4.79 Å². The van der Waals surface area contributed by atoms with Gasteiger partial charge in [-0.05, 0) is 57.0 Å². The van der Waals surface area contributed by atoms with Crippen LogP contribution in [0.4, 0.5) is 0 Å². The van der Waals surface area contributed by atoms with Crippen molar-refractivity contribution in [2.75, 3.05) is 26.2 Å². The lowest BCUT2D eigenvalue weighted by Gasteiger charge is -2.29. The normalized spacial score (nSPS) is 35.1. The van der Waals surface area contributed by atoms with Crippen LogP contribution >= 0.6 is 0 Å². The largest absolute Gasteiger partial charge is 0.354 e. The highest BCUT2D eigenvalue weighted by molar-refractivity contribution is 5.81. The van der Waals surface area contributed by atoms with E-state index in [1.165, 1.54) is 45.2 Å². The van der Waals surface area contributed by atoms with Gasteiger partial charge in [-0.25, -0.2) is 0 Å². The third kappa shape index (κ3) is 3.53. The van der Waals surface area contributed by atoms with Crippen LogP contribution in [0.15, 0.2) is 0 Å². The third-order valence-electron chi connectivity index (χ3n) is 5.35. The minimum Gasteiger partial charge on any atom is -0.354 e. The SMILES string of the molecule is CCC1CCNC(C(=O)NCC2CCN(C3CC3)C2)C1. The molecule has 3 fully saturated rings. The summed E-state index contributed by atoms with van der Waals surface area (Å²) in [6.45, 7) is 6.54. The minimum absolute atomic E-state index is 0.0506. The highest BCUT2D eigenvalue weighted by Gasteiger charge is 2.34. The van der Waals surface area contributed by atoms with E-state index in [0.29, 0.717) is 5.92 Å². The Hall–Kier alpha value is -0.610. The van der Waals surface area contributed by atoms with Crippen LogP contribution in [0.5, 0.6) is 0 Å². The first kappa shape index (κ1) is 14.3. The fourth-order valence-corrected chi connectivity index (χ4v) is 3.74. The van der Waals surface area contributed by atoms with Crippen LogP contribution in [0.3, 0.4) is 0 Å². The number of likely N-dealkylation sites (tertiary alicyclic amines) is 1. The van der Waals surface area contributed by atoms with Gasteiger partial charge in [0.05, 0.1) is 6.04 Å². The Kier molecular flexibility index (Phi) is 4.61. The van der Waals surface area contributed by atoms with E-state index in [1.54, 1.807) is 0 Å². The molecule has 20 heavy (non-hydrogen) atoms. The van der Waals surface area contributed by atoms with Gasteiger partial charge in [0.15, 0.2) is 0 Å². The second kappa shape index (κ2) is 6.44. The lowest BCUT2D eigenvalue weighted by Crippen LogP contribution is -2.49. The first-order valence-electron chi connectivity index (χ1n) is 8.51. The Morgan fingerprint density at radius 1 is 1.25 bits per heavy atom. The van der Waals surface area contributed by atoms with Gasteiger partial charge in [-0.2, -0.15) is 0 Å². The molecule has 2 heterocycles. The fraction of sp³-hybridized carbons (Fsp3) is 0.938. The van der Waals surface area contributed by atoms with E-state index in [2.05, 4.69) is 22.5 Å². The molecule has 0 aromatic heterocycles. The predicted molar refractivity (Wildman–Crippen MR) is 80.5 cm³/mol. The summed E-state index contributed by atoms with van der Waals surface area (Å²) in [5.41, 5.74) is 0. The Morgan fingerprint density at radius 3 is 2.85 bits per heavy atom. The summed E-state index contributed by atoms with van der Waals surface area (Å²) in [5, 5.41) is 6.56. The van der Waals surface area contributed by atoms with E-state index in [1.807, 2.05) is 0 Å². The Balaban J connectivity index is 1.38. The van der Waals surface area contributed by atoms with Crippen LogP contribution in [-0.2, 0) is 4.79 Å². The van der Waals surface area contributed by atoms with Crippen molar-refractivity contribution in [3.8, 4) is 0 Å². The van der Waals surface area contributed by atoms with Gasteiger partial charge in [0.25, 0.3) is 0 Å². The van der Waals surface area contributed by atoms with E-state index < -0.39 is 0 Å². The van der Waals surface area contributed by atoms with Crippen molar-refractivity contribution in [3.63, 3.8) is 0 Å². The quantitative estimate of drug-likeness (QED) is 0.799. The molecule has 1 amide bonds. The average molecular weight is 279 g/mol. The van der Waals surface area contributed by atoms with Crippen molar-refractivity contribution >= 4 is 5.91 Å². The summed E-state index contributed by atoms with van der Waals surface area (Å²) in [5.74, 6) is 1.63. The molecule has 0 bridgehead atoms. The third-order valence-corrected chi connectivity index (χ3v) is 5.35. The van der Waals surface area contributed by atoms with Crippen LogP contribution in [0.25, 0.3) is 0 Å². The highest BCUT2D eigenvalue weighted by atomic mass is 16.2. The second-order valence-corrected chi connectivity index (χ2v) is 6.93. The summed E-state index contributed by atoms with van der Waals surface area (Å²) in [6, 6.07) is 0.927. The molecule has 1 saturated carbocycles. The molecular weight excluding hydrogens is 250 g/mol. The zero-order valence-corrected chi connectivity index (χ0v) is 12.7. The van der Waals surface area contributed by atoms with Crippen LogP contribution in [0.2, 0.25) is 0 Å². The molecule has 0 aromatic rings. The van der Waals surface area contributed by atoms with Gasteiger partial charge in [-0.15, -0.1) is 0 Å². The molecule has 4 nitrogen and oxygen atoms in total. The summed E-state index contributed by atoms with van der Waals surface area (Å²) < 4.78 is 0. The standard InChI is InChI=1S/C16H29N3O/c1-2-12-5-7-17-15(9-12)16(20)18-10-13-6-8-19(11-13)14-3-4-14/h12-15,17H,2-11H2,1H3,(H,18,20). The molecule has 114 valence electrons. The van der Waals surface area contributed by atoms with Crippen molar-refractivity contribution in [2.24, 2.45) is 11.8 Å². The number of carbonyl (C=O) groups is 1. The molecule has 4 heteroatoms. The topological polar surface area (TPSA) is 44.4 Å². The molecule has 2 aliphatic heterocycles. The number of rotatable bonds is 5. The van der Waals surface area contributed by atoms with E-state index in [9.17, 15) is 4.79 Å². The molecule has 3 unspecified atom stereocenters. The summed E-state index contributed by atoms with van der Waals surface area (Å²) in [7, 11) is 0. The highest BCUT2D eigenvalue weighted by Crippen LogP contribution is 2.31. The number of nitrogens with one attached hydrogen (secondary N) is 2. The van der Waals surface area contributed by atoms with Gasteiger partial charge < -0.3 is 15.5 Å². The van der Waals surface area contributed by atoms with Gasteiger partial charge in [-0.1, -0.05) is 13.3 Å². The fourth-order valence-electron chi connectivity index (χ4n) is 3.74. The van der Waals surface area contributed by atoms with Gasteiger partial charge in [0.2, 0.25) is 5.91 Å². The van der Waals surface area contributed by atoms with Crippen molar-refractivity contribution in [1.29, 1.82) is 0 Å². The zero-order chi connectivity index (χ0) is 13.9. The monoisotopic (exact) mass is 279 g/mol. The van der Waals surface area contributed by atoms with Crippen LogP contribution in [-0.4, -0.2) is 49.1 Å². The van der Waals surface area contributed by atoms with E-state index in [4.69, 9.17) is 0 Å². The number of amides is 1. The number of hydrogen-bond donors (Lipinski definition) is 2. The van der Waals surface area contributed by atoms with Gasteiger partial charge in [0, 0.05) is 19.1 Å². The lowest BCUT2D eigenvalue weighted by atomic mass is 9.90. The molecular formula is C16H29N3O. The summed E-state index contributed by atoms with van der Waals surface area (Å²) >= 11 is 0. The van der Waals surface area contributed by atoms with Crippen molar-refractivity contribution in [2.45, 2.75) is 57.5 Å². The maximum Gasteiger partial charge on any atom is 0.237 e. The molecule has 2 N–H and O–H groups in total. The number of piperidine rings is 1. The first-order valence-corrected chi connectivity index (χ1v) is 8.51. The second-order valence-electron chi connectivity index (χ2n) is 6.93. The maximum atomic E-state index is 12.3. The number of hydrogen-bond acceptors (Lipinski definition) is 3. The van der Waals surface area contributed by atoms with Crippen molar-refractivity contribution in [3.05, 3.63) is 0 Å². The Bertz CT molecular complexity index is 343. The van der Waals surface area contributed by atoms with Crippen LogP contribution in [0.1, 0.15) is 45.4 Å². The van der Waals surface area contributed by atoms with E-state index in [0.717, 1.165) is 31.5 Å².